The van der Waals surface area contributed by atoms with Gasteiger partial charge in [-0.15, -0.1) is 0 Å². The Bertz CT molecular complexity index is 1030. The second-order valence-electron chi connectivity index (χ2n) is 5.82. The summed E-state index contributed by atoms with van der Waals surface area (Å²) in [4.78, 5) is 11.8. The minimum atomic E-state index is -0.454. The van der Waals surface area contributed by atoms with Gasteiger partial charge in [0.2, 0.25) is 0 Å². The van der Waals surface area contributed by atoms with E-state index < -0.39 is 5.91 Å². The van der Waals surface area contributed by atoms with Gasteiger partial charge >= 0.3 is 0 Å². The summed E-state index contributed by atoms with van der Waals surface area (Å²) in [5.74, 6) is 0.990. The zero-order valence-corrected chi connectivity index (χ0v) is 17.0. The summed E-state index contributed by atoms with van der Waals surface area (Å²) in [6.45, 7) is 1.67. The maximum absolute atomic E-state index is 11.8. The average molecular weight is 438 g/mol. The molecule has 0 saturated carbocycles. The van der Waals surface area contributed by atoms with Crippen LogP contribution < -0.4 is 10.2 Å². The summed E-state index contributed by atoms with van der Waals surface area (Å²) in [5, 5.41) is 5.33. The molecule has 0 fully saturated rings. The molecule has 0 spiro atoms. The van der Waals surface area contributed by atoms with Crippen LogP contribution in [-0.4, -0.2) is 18.7 Å². The zero-order chi connectivity index (χ0) is 20.1. The molecule has 0 bridgehead atoms. The summed E-state index contributed by atoms with van der Waals surface area (Å²) in [7, 11) is 0. The minimum Gasteiger partial charge on any atom is -0.482 e. The molecule has 28 heavy (non-hydrogen) atoms. The van der Waals surface area contributed by atoms with Gasteiger partial charge in [0.15, 0.2) is 6.61 Å². The summed E-state index contributed by atoms with van der Waals surface area (Å²) in [6.07, 6.45) is 1.39. The monoisotopic (exact) mass is 436 g/mol. The molecule has 1 N–H and O–H groups in total. The van der Waals surface area contributed by atoms with Crippen LogP contribution in [0.4, 0.5) is 0 Å². The molecule has 8 heteroatoms. The number of nitrogens with one attached hydrogen (secondary N) is 1. The smallest absolute Gasteiger partial charge is 0.277 e. The number of amides is 1. The highest BCUT2D eigenvalue weighted by molar-refractivity contribution is 6.34. The summed E-state index contributed by atoms with van der Waals surface area (Å²) in [5.41, 5.74) is 4.19. The molecule has 0 aliphatic heterocycles. The number of carbonyl (C=O) groups is 1. The molecule has 144 valence electrons. The van der Waals surface area contributed by atoms with Crippen LogP contribution in [-0.2, 0) is 4.79 Å². The van der Waals surface area contributed by atoms with Crippen LogP contribution in [0.2, 0.25) is 15.1 Å². The van der Waals surface area contributed by atoms with Gasteiger partial charge < -0.3 is 9.15 Å². The Morgan fingerprint density at radius 1 is 1.11 bits per heavy atom. The Balaban J connectivity index is 1.54. The highest BCUT2D eigenvalue weighted by Gasteiger charge is 2.07. The molecular weight excluding hydrogens is 423 g/mol. The normalized spacial score (nSPS) is 11.0. The van der Waals surface area contributed by atoms with Crippen molar-refractivity contribution in [3.63, 3.8) is 0 Å². The van der Waals surface area contributed by atoms with Crippen LogP contribution in [0.1, 0.15) is 11.3 Å². The Labute approximate surface area is 176 Å². The van der Waals surface area contributed by atoms with Crippen molar-refractivity contribution in [2.75, 3.05) is 6.61 Å². The lowest BCUT2D eigenvalue weighted by Crippen LogP contribution is -2.24. The molecule has 0 atom stereocenters. The molecule has 1 amide bonds. The van der Waals surface area contributed by atoms with E-state index in [4.69, 9.17) is 44.0 Å². The first kappa shape index (κ1) is 20.3. The molecule has 5 nitrogen and oxygen atoms in total. The van der Waals surface area contributed by atoms with Crippen molar-refractivity contribution >= 4 is 46.9 Å². The number of ether oxygens (including phenoxy) is 1. The second kappa shape index (κ2) is 9.15. The second-order valence-corrected chi connectivity index (χ2v) is 7.07. The molecule has 1 aromatic heterocycles. The fourth-order valence-corrected chi connectivity index (χ4v) is 2.77. The number of hydrazone groups is 1. The number of nitrogens with zero attached hydrogens (tertiary/aromatic N) is 1. The zero-order valence-electron chi connectivity index (χ0n) is 14.7. The molecule has 0 aliphatic carbocycles. The molecule has 0 unspecified atom stereocenters. The maximum Gasteiger partial charge on any atom is 0.277 e. The van der Waals surface area contributed by atoms with Gasteiger partial charge in [0.25, 0.3) is 5.91 Å². The Morgan fingerprint density at radius 3 is 2.71 bits per heavy atom. The van der Waals surface area contributed by atoms with Gasteiger partial charge in [-0.1, -0.05) is 46.9 Å². The van der Waals surface area contributed by atoms with E-state index in [2.05, 4.69) is 10.5 Å². The maximum atomic E-state index is 11.8. The van der Waals surface area contributed by atoms with Crippen LogP contribution in [0.5, 0.6) is 5.75 Å². The number of hydrogen-bond donors (Lipinski definition) is 1. The largest absolute Gasteiger partial charge is 0.482 e. The lowest BCUT2D eigenvalue weighted by Gasteiger charge is -2.07. The average Bonchev–Trinajstić information content (AvgIpc) is 3.13. The van der Waals surface area contributed by atoms with Crippen molar-refractivity contribution in [2.45, 2.75) is 6.92 Å². The van der Waals surface area contributed by atoms with Crippen molar-refractivity contribution < 1.29 is 13.9 Å². The van der Waals surface area contributed by atoms with Crippen LogP contribution >= 0.6 is 34.8 Å². The Morgan fingerprint density at radius 2 is 1.93 bits per heavy atom. The number of furan rings is 1. The van der Waals surface area contributed by atoms with E-state index >= 15 is 0 Å². The summed E-state index contributed by atoms with van der Waals surface area (Å²) in [6, 6.07) is 13.9. The third-order valence-electron chi connectivity index (χ3n) is 3.72. The quantitative estimate of drug-likeness (QED) is 0.395. The molecular formula is C20H15Cl3N2O3. The molecule has 1 heterocycles. The van der Waals surface area contributed by atoms with Crippen molar-refractivity contribution in [2.24, 2.45) is 5.10 Å². The molecule has 3 rings (SSSR count). The number of aryl methyl sites for hydroxylation is 1. The van der Waals surface area contributed by atoms with E-state index in [0.29, 0.717) is 32.3 Å². The van der Waals surface area contributed by atoms with Crippen molar-refractivity contribution in [3.8, 4) is 17.1 Å². The third kappa shape index (κ3) is 5.29. The van der Waals surface area contributed by atoms with Crippen molar-refractivity contribution in [1.29, 1.82) is 0 Å². The lowest BCUT2D eigenvalue weighted by molar-refractivity contribution is -0.123. The minimum absolute atomic E-state index is 0.261. The van der Waals surface area contributed by atoms with Crippen molar-refractivity contribution in [1.82, 2.24) is 5.43 Å². The van der Waals surface area contributed by atoms with Gasteiger partial charge in [-0.25, -0.2) is 5.43 Å². The predicted octanol–water partition coefficient (Wildman–Crippen LogP) is 5.74. The first-order valence-electron chi connectivity index (χ1n) is 8.18. The van der Waals surface area contributed by atoms with Crippen LogP contribution in [0.15, 0.2) is 58.0 Å². The van der Waals surface area contributed by atoms with E-state index in [1.54, 1.807) is 24.3 Å². The van der Waals surface area contributed by atoms with Gasteiger partial charge in [0.05, 0.1) is 11.2 Å². The van der Waals surface area contributed by atoms with Gasteiger partial charge in [0, 0.05) is 21.7 Å². The van der Waals surface area contributed by atoms with Gasteiger partial charge in [0.1, 0.15) is 17.3 Å². The van der Waals surface area contributed by atoms with Crippen LogP contribution in [0.3, 0.4) is 0 Å². The fourth-order valence-electron chi connectivity index (χ4n) is 2.25. The van der Waals surface area contributed by atoms with Gasteiger partial charge in [-0.05, 0) is 42.8 Å². The van der Waals surface area contributed by atoms with Gasteiger partial charge in [-0.3, -0.25) is 4.79 Å². The van der Waals surface area contributed by atoms with E-state index in [0.717, 1.165) is 11.1 Å². The number of hydrogen-bond acceptors (Lipinski definition) is 4. The fraction of sp³-hybridized carbons (Fsp3) is 0.100. The Kier molecular flexibility index (Phi) is 6.62. The number of carbonyl (C=O) groups excluding carboxylic acids is 1. The SMILES string of the molecule is Cc1ccc(-c2ccc(C=NNC(=O)COc3cc(Cl)ccc3Cl)o2)cc1Cl. The van der Waals surface area contributed by atoms with Crippen LogP contribution in [0, 0.1) is 6.92 Å². The molecule has 0 aliphatic rings. The van der Waals surface area contributed by atoms with E-state index in [-0.39, 0.29) is 6.61 Å². The molecule has 2 aromatic carbocycles. The highest BCUT2D eigenvalue weighted by Crippen LogP contribution is 2.28. The topological polar surface area (TPSA) is 63.8 Å². The molecule has 0 saturated heterocycles. The standard InChI is InChI=1S/C20H15Cl3N2O3/c1-12-2-3-13(8-17(12)23)18-7-5-15(28-18)10-24-25-20(26)11-27-19-9-14(21)4-6-16(19)22/h2-10H,11H2,1H3,(H,25,26). The summed E-state index contributed by atoms with van der Waals surface area (Å²) >= 11 is 18.0. The van der Waals surface area contributed by atoms with Crippen LogP contribution in [0.25, 0.3) is 11.3 Å². The first-order chi connectivity index (χ1) is 13.4. The number of benzene rings is 2. The van der Waals surface area contributed by atoms with Gasteiger partial charge in [-0.2, -0.15) is 5.10 Å². The Hall–Kier alpha value is -2.47. The molecule has 0 radical (unpaired) electrons. The van der Waals surface area contributed by atoms with E-state index in [9.17, 15) is 4.79 Å². The number of rotatable bonds is 6. The van der Waals surface area contributed by atoms with E-state index in [1.807, 2.05) is 25.1 Å². The predicted molar refractivity (Wildman–Crippen MR) is 112 cm³/mol. The third-order valence-corrected chi connectivity index (χ3v) is 4.67. The highest BCUT2D eigenvalue weighted by atomic mass is 35.5. The number of halogens is 3. The van der Waals surface area contributed by atoms with Crippen molar-refractivity contribution in [3.05, 3.63) is 74.9 Å². The van der Waals surface area contributed by atoms with E-state index in [1.165, 1.54) is 12.3 Å². The molecule has 3 aromatic rings. The lowest BCUT2D eigenvalue weighted by atomic mass is 10.1. The first-order valence-corrected chi connectivity index (χ1v) is 9.32. The summed E-state index contributed by atoms with van der Waals surface area (Å²) < 4.78 is 11.0.